The summed E-state index contributed by atoms with van der Waals surface area (Å²) in [5.74, 6) is 1.03. The number of methoxy groups -OCH3 is 1. The van der Waals surface area contributed by atoms with Crippen molar-refractivity contribution in [2.75, 3.05) is 7.11 Å². The zero-order valence-electron chi connectivity index (χ0n) is 9.92. The largest absolute Gasteiger partial charge is 0.497 e. The van der Waals surface area contributed by atoms with E-state index in [2.05, 4.69) is 44.3 Å². The molecule has 0 spiro atoms. The zero-order chi connectivity index (χ0) is 11.1. The summed E-state index contributed by atoms with van der Waals surface area (Å²) in [6.45, 7) is 6.95. The summed E-state index contributed by atoms with van der Waals surface area (Å²) in [4.78, 5) is 0. The monoisotopic (exact) mass is 218 g/mol. The third kappa shape index (κ3) is 1.74. The van der Waals surface area contributed by atoms with Gasteiger partial charge in [0.2, 0.25) is 0 Å². The summed E-state index contributed by atoms with van der Waals surface area (Å²) < 4.78 is 5.40. The van der Waals surface area contributed by atoms with Crippen molar-refractivity contribution in [3.05, 3.63) is 29.3 Å². The van der Waals surface area contributed by atoms with Gasteiger partial charge in [-0.1, -0.05) is 23.8 Å². The van der Waals surface area contributed by atoms with E-state index in [-0.39, 0.29) is 0 Å². The van der Waals surface area contributed by atoms with E-state index in [1.165, 1.54) is 22.4 Å². The lowest BCUT2D eigenvalue weighted by Gasteiger charge is -2.38. The second kappa shape index (κ2) is 3.53. The quantitative estimate of drug-likeness (QED) is 0.659. The van der Waals surface area contributed by atoms with Crippen LogP contribution in [-0.4, -0.2) is 15.2 Å². The van der Waals surface area contributed by atoms with E-state index in [0.29, 0.717) is 0 Å². The van der Waals surface area contributed by atoms with Crippen molar-refractivity contribution in [2.45, 2.75) is 26.1 Å². The van der Waals surface area contributed by atoms with Crippen molar-refractivity contribution in [3.8, 4) is 5.75 Å². The van der Waals surface area contributed by atoms with Gasteiger partial charge in [-0.25, -0.2) is 0 Å². The number of fused-ring (bicyclic) bond motifs is 1. The predicted molar refractivity (Wildman–Crippen MR) is 68.7 cm³/mol. The van der Waals surface area contributed by atoms with Crippen molar-refractivity contribution in [2.24, 2.45) is 0 Å². The average molecular weight is 218 g/mol. The maximum atomic E-state index is 5.40. The number of rotatable bonds is 1. The molecular weight excluding hydrogens is 200 g/mol. The fourth-order valence-electron chi connectivity index (χ4n) is 2.24. The minimum atomic E-state index is -1.25. The van der Waals surface area contributed by atoms with Crippen LogP contribution in [0.5, 0.6) is 5.75 Å². The number of hydrogen-bond acceptors (Lipinski definition) is 1. The Morgan fingerprint density at radius 2 is 2.00 bits per heavy atom. The van der Waals surface area contributed by atoms with E-state index < -0.39 is 8.07 Å². The number of hydrogen-bond donors (Lipinski definition) is 0. The Bertz CT molecular complexity index is 419. The first-order valence-corrected chi connectivity index (χ1v) is 8.61. The van der Waals surface area contributed by atoms with Crippen LogP contribution in [-0.2, 0) is 0 Å². The molecule has 0 fully saturated rings. The molecule has 0 radical (unpaired) electrons. The van der Waals surface area contributed by atoms with E-state index in [0.717, 1.165) is 5.75 Å². The highest BCUT2D eigenvalue weighted by Crippen LogP contribution is 2.25. The summed E-state index contributed by atoms with van der Waals surface area (Å²) in [5, 5.41) is 1.53. The first-order chi connectivity index (χ1) is 7.04. The molecule has 0 aliphatic carbocycles. The fourth-order valence-corrected chi connectivity index (χ4v) is 4.63. The minimum Gasteiger partial charge on any atom is -0.497 e. The van der Waals surface area contributed by atoms with Crippen LogP contribution in [0.3, 0.4) is 0 Å². The van der Waals surface area contributed by atoms with Gasteiger partial charge in [0, 0.05) is 0 Å². The van der Waals surface area contributed by atoms with Gasteiger partial charge in [-0.2, -0.15) is 18.3 Å². The van der Waals surface area contributed by atoms with Crippen molar-refractivity contribution >= 4 is 19.3 Å². The third-order valence-corrected chi connectivity index (χ3v) is 6.37. The van der Waals surface area contributed by atoms with Crippen LogP contribution < -0.4 is 9.92 Å². The van der Waals surface area contributed by atoms with Crippen molar-refractivity contribution in [3.63, 3.8) is 0 Å². The smallest absolute Gasteiger partial charge is 0.119 e. The van der Waals surface area contributed by atoms with Crippen LogP contribution in [0.25, 0.3) is 6.08 Å². The van der Waals surface area contributed by atoms with Gasteiger partial charge in [-0.3, -0.25) is 0 Å². The Morgan fingerprint density at radius 3 is 2.67 bits per heavy atom. The van der Waals surface area contributed by atoms with Gasteiger partial charge in [0.05, 0.1) is 7.11 Å². The van der Waals surface area contributed by atoms with E-state index in [1.54, 1.807) is 7.11 Å². The van der Waals surface area contributed by atoms with Crippen molar-refractivity contribution in [1.29, 1.82) is 0 Å². The Balaban J connectivity index is 2.62. The SMILES string of the molecule is COc1cc2c(cc1C)C=CC[Si-]2(C)C. The molecule has 0 unspecified atom stereocenters. The zero-order valence-corrected chi connectivity index (χ0v) is 10.9. The molecule has 0 saturated heterocycles. The van der Waals surface area contributed by atoms with Gasteiger partial charge in [0.15, 0.2) is 0 Å². The first kappa shape index (κ1) is 10.5. The first-order valence-electron chi connectivity index (χ1n) is 5.40. The van der Waals surface area contributed by atoms with Crippen LogP contribution in [0.2, 0.25) is 19.1 Å². The molecule has 2 heteroatoms. The normalized spacial score (nSPS) is 17.3. The molecule has 0 N–H and O–H groups in total. The Labute approximate surface area is 92.8 Å². The van der Waals surface area contributed by atoms with E-state index in [1.807, 2.05) is 0 Å². The third-order valence-electron chi connectivity index (χ3n) is 3.22. The van der Waals surface area contributed by atoms with Gasteiger partial charge in [-0.15, -0.1) is 20.2 Å². The molecule has 15 heavy (non-hydrogen) atoms. The number of benzene rings is 1. The molecule has 2 rings (SSSR count). The maximum absolute atomic E-state index is 5.40. The fraction of sp³-hybridized carbons (Fsp3) is 0.385. The molecule has 0 bridgehead atoms. The lowest BCUT2D eigenvalue weighted by atomic mass is 10.1. The Kier molecular flexibility index (Phi) is 2.47. The molecule has 1 aromatic carbocycles. The highest BCUT2D eigenvalue weighted by Gasteiger charge is 2.17. The topological polar surface area (TPSA) is 9.23 Å². The van der Waals surface area contributed by atoms with Crippen LogP contribution in [0.1, 0.15) is 11.1 Å². The molecule has 81 valence electrons. The second-order valence-corrected chi connectivity index (χ2v) is 9.61. The second-order valence-electron chi connectivity index (χ2n) is 4.90. The van der Waals surface area contributed by atoms with E-state index >= 15 is 0 Å². The molecule has 1 aromatic rings. The summed E-state index contributed by atoms with van der Waals surface area (Å²) in [5.41, 5.74) is 2.63. The lowest BCUT2D eigenvalue weighted by molar-refractivity contribution is 0.412. The molecule has 1 aliphatic heterocycles. The molecule has 0 atom stereocenters. The lowest BCUT2D eigenvalue weighted by Crippen LogP contribution is -2.43. The summed E-state index contributed by atoms with van der Waals surface area (Å²) in [6, 6.07) is 5.74. The highest BCUT2D eigenvalue weighted by molar-refractivity contribution is 6.91. The van der Waals surface area contributed by atoms with E-state index in [4.69, 9.17) is 4.74 Å². The van der Waals surface area contributed by atoms with Crippen LogP contribution >= 0.6 is 0 Å². The average Bonchev–Trinajstić information content (AvgIpc) is 2.16. The van der Waals surface area contributed by atoms with Crippen LogP contribution in [0.4, 0.5) is 0 Å². The Hall–Kier alpha value is -1.02. The highest BCUT2D eigenvalue weighted by atomic mass is 28.3. The standard InChI is InChI=1S/C13H18OSi/c1-10-8-11-6-5-7-15(3,4)13(11)9-12(10)14-2/h5-6,8-9H,7H2,1-4H3/q-1. The summed E-state index contributed by atoms with van der Waals surface area (Å²) in [7, 11) is 0.503. The predicted octanol–water partition coefficient (Wildman–Crippen LogP) is 2.95. The van der Waals surface area contributed by atoms with Crippen LogP contribution in [0.15, 0.2) is 18.2 Å². The van der Waals surface area contributed by atoms with Gasteiger partial charge in [0.25, 0.3) is 0 Å². The molecule has 0 saturated carbocycles. The molecule has 0 aromatic heterocycles. The van der Waals surface area contributed by atoms with E-state index in [9.17, 15) is 0 Å². The molecule has 1 heterocycles. The minimum absolute atomic E-state index is 1.03. The molecule has 1 aliphatic rings. The van der Waals surface area contributed by atoms with Gasteiger partial charge in [0.1, 0.15) is 5.75 Å². The number of ether oxygens (including phenoxy) is 1. The van der Waals surface area contributed by atoms with Crippen molar-refractivity contribution in [1.82, 2.24) is 0 Å². The maximum Gasteiger partial charge on any atom is 0.119 e. The molecule has 1 nitrogen and oxygen atoms in total. The van der Waals surface area contributed by atoms with Crippen molar-refractivity contribution < 1.29 is 4.74 Å². The van der Waals surface area contributed by atoms with Gasteiger partial charge >= 0.3 is 0 Å². The summed E-state index contributed by atoms with van der Waals surface area (Å²) >= 11 is 0. The Morgan fingerprint density at radius 1 is 1.27 bits per heavy atom. The summed E-state index contributed by atoms with van der Waals surface area (Å²) in [6.07, 6.45) is 4.57. The molecule has 0 amide bonds. The van der Waals surface area contributed by atoms with Gasteiger partial charge in [-0.05, 0) is 12.5 Å². The number of allylic oxidation sites excluding steroid dienone is 1. The van der Waals surface area contributed by atoms with Crippen LogP contribution in [0, 0.1) is 6.92 Å². The molecular formula is C13H18OSi-. The van der Waals surface area contributed by atoms with Gasteiger partial charge < -0.3 is 4.74 Å². The number of aryl methyl sites for hydroxylation is 1.